The molecule has 0 unspecified atom stereocenters. The van der Waals surface area contributed by atoms with Gasteiger partial charge in [-0.1, -0.05) is 60.3 Å². The lowest BCUT2D eigenvalue weighted by molar-refractivity contribution is -0.387. The van der Waals surface area contributed by atoms with E-state index in [0.29, 0.717) is 20.2 Å². The molecule has 0 fully saturated rings. The van der Waals surface area contributed by atoms with Gasteiger partial charge in [-0.05, 0) is 18.1 Å². The number of nitro groups is 1. The van der Waals surface area contributed by atoms with Crippen LogP contribution in [0.3, 0.4) is 0 Å². The van der Waals surface area contributed by atoms with Crippen LogP contribution in [0.5, 0.6) is 0 Å². The number of nitrogens with zero attached hydrogens (tertiary/aromatic N) is 3. The van der Waals surface area contributed by atoms with E-state index in [1.54, 1.807) is 23.9 Å². The second kappa shape index (κ2) is 7.44. The third-order valence-electron chi connectivity index (χ3n) is 2.24. The highest BCUT2D eigenvalue weighted by atomic mass is 35.5. The fourth-order valence-electron chi connectivity index (χ4n) is 1.35. The molecule has 0 atom stereocenters. The summed E-state index contributed by atoms with van der Waals surface area (Å²) in [6, 6.07) is 4.61. The molecule has 0 aliphatic rings. The van der Waals surface area contributed by atoms with Crippen molar-refractivity contribution in [2.24, 2.45) is 5.92 Å². The van der Waals surface area contributed by atoms with Gasteiger partial charge in [0.1, 0.15) is 0 Å². The van der Waals surface area contributed by atoms with Gasteiger partial charge in [0.05, 0.1) is 9.82 Å². The predicted molar refractivity (Wildman–Crippen MR) is 87.7 cm³/mol. The van der Waals surface area contributed by atoms with E-state index in [9.17, 15) is 10.1 Å². The molecule has 0 saturated heterocycles. The molecule has 0 aliphatic heterocycles. The minimum atomic E-state index is -0.441. The summed E-state index contributed by atoms with van der Waals surface area (Å²) in [5.41, 5.74) is -0.0147. The highest BCUT2D eigenvalue weighted by Crippen LogP contribution is 2.39. The van der Waals surface area contributed by atoms with Gasteiger partial charge in [-0.15, -0.1) is 10.2 Å². The van der Waals surface area contributed by atoms with Crippen LogP contribution in [-0.4, -0.2) is 20.9 Å². The molecule has 1 heterocycles. The lowest BCUT2D eigenvalue weighted by atomic mass is 10.3. The van der Waals surface area contributed by atoms with Crippen molar-refractivity contribution < 1.29 is 4.92 Å². The van der Waals surface area contributed by atoms with Crippen LogP contribution in [0.15, 0.2) is 31.8 Å². The highest BCUT2D eigenvalue weighted by molar-refractivity contribution is 8.03. The van der Waals surface area contributed by atoms with Crippen molar-refractivity contribution in [1.29, 1.82) is 0 Å². The van der Waals surface area contributed by atoms with Crippen LogP contribution < -0.4 is 0 Å². The number of aromatic nitrogens is 2. The van der Waals surface area contributed by atoms with E-state index >= 15 is 0 Å². The van der Waals surface area contributed by atoms with E-state index in [4.69, 9.17) is 11.6 Å². The summed E-state index contributed by atoms with van der Waals surface area (Å²) in [6.45, 7) is 4.28. The van der Waals surface area contributed by atoms with E-state index in [1.807, 2.05) is 0 Å². The topological polar surface area (TPSA) is 68.9 Å². The maximum atomic E-state index is 11.0. The van der Waals surface area contributed by atoms with Gasteiger partial charge in [0.25, 0.3) is 5.69 Å². The first-order valence-electron chi connectivity index (χ1n) is 6.04. The standard InChI is InChI=1S/C12H12ClN3O2S3/c1-7(2)6-19-11-14-15-12(21-11)20-10-4-3-8(13)5-9(10)16(17)18/h3-5,7H,6H2,1-2H3. The monoisotopic (exact) mass is 361 g/mol. The van der Waals surface area contributed by atoms with Crippen molar-refractivity contribution in [3.8, 4) is 0 Å². The summed E-state index contributed by atoms with van der Waals surface area (Å²) in [6.07, 6.45) is 0. The number of halogens is 1. The Morgan fingerprint density at radius 1 is 1.38 bits per heavy atom. The number of hydrogen-bond donors (Lipinski definition) is 0. The largest absolute Gasteiger partial charge is 0.284 e. The summed E-state index contributed by atoms with van der Waals surface area (Å²) in [5, 5.41) is 19.5. The second-order valence-electron chi connectivity index (χ2n) is 4.51. The fourth-order valence-corrected chi connectivity index (χ4v) is 4.55. The molecule has 0 aliphatic carbocycles. The van der Waals surface area contributed by atoms with Gasteiger partial charge in [0, 0.05) is 16.8 Å². The number of nitro benzene ring substituents is 1. The average Bonchev–Trinajstić information content (AvgIpc) is 2.86. The Labute approximate surface area is 139 Å². The maximum absolute atomic E-state index is 11.0. The maximum Gasteiger partial charge on any atom is 0.284 e. The van der Waals surface area contributed by atoms with E-state index in [1.165, 1.54) is 29.2 Å². The number of rotatable bonds is 6. The van der Waals surface area contributed by atoms with Crippen LogP contribution in [-0.2, 0) is 0 Å². The van der Waals surface area contributed by atoms with Gasteiger partial charge >= 0.3 is 0 Å². The first-order valence-corrected chi connectivity index (χ1v) is 9.03. The van der Waals surface area contributed by atoms with E-state index in [0.717, 1.165) is 10.1 Å². The molecule has 2 rings (SSSR count). The van der Waals surface area contributed by atoms with E-state index in [-0.39, 0.29) is 5.69 Å². The van der Waals surface area contributed by atoms with Gasteiger partial charge in [0.15, 0.2) is 8.68 Å². The van der Waals surface area contributed by atoms with Gasteiger partial charge in [-0.2, -0.15) is 0 Å². The Morgan fingerprint density at radius 3 is 2.76 bits per heavy atom. The van der Waals surface area contributed by atoms with Crippen LogP contribution in [0.2, 0.25) is 5.02 Å². The van der Waals surface area contributed by atoms with Crippen molar-refractivity contribution in [2.75, 3.05) is 5.75 Å². The second-order valence-corrected chi connectivity index (χ2v) is 8.48. The molecule has 1 aromatic carbocycles. The minimum Gasteiger partial charge on any atom is -0.258 e. The lowest BCUT2D eigenvalue weighted by Crippen LogP contribution is -1.90. The van der Waals surface area contributed by atoms with Crippen LogP contribution in [0.1, 0.15) is 13.8 Å². The predicted octanol–water partition coefficient (Wildman–Crippen LogP) is 5.00. The fraction of sp³-hybridized carbons (Fsp3) is 0.333. The molecular weight excluding hydrogens is 350 g/mol. The van der Waals surface area contributed by atoms with Crippen LogP contribution in [0.4, 0.5) is 5.69 Å². The SMILES string of the molecule is CC(C)CSc1nnc(Sc2ccc(Cl)cc2[N+](=O)[O-])s1. The minimum absolute atomic E-state index is 0.0147. The van der Waals surface area contributed by atoms with Crippen LogP contribution in [0.25, 0.3) is 0 Å². The summed E-state index contributed by atoms with van der Waals surface area (Å²) >= 11 is 10.1. The van der Waals surface area contributed by atoms with Gasteiger partial charge < -0.3 is 0 Å². The smallest absolute Gasteiger partial charge is 0.258 e. The molecular formula is C12H12ClN3O2S3. The Kier molecular flexibility index (Phi) is 5.86. The molecule has 0 radical (unpaired) electrons. The number of benzene rings is 1. The van der Waals surface area contributed by atoms with Crippen molar-refractivity contribution in [3.05, 3.63) is 33.3 Å². The molecule has 0 N–H and O–H groups in total. The molecule has 0 saturated carbocycles. The summed E-state index contributed by atoms with van der Waals surface area (Å²) in [7, 11) is 0. The van der Waals surface area contributed by atoms with Crippen molar-refractivity contribution in [3.63, 3.8) is 0 Å². The molecule has 1 aromatic heterocycles. The number of hydrogen-bond acceptors (Lipinski definition) is 7. The molecule has 21 heavy (non-hydrogen) atoms. The zero-order valence-corrected chi connectivity index (χ0v) is 14.5. The molecule has 9 heteroatoms. The summed E-state index contributed by atoms with van der Waals surface area (Å²) in [5.74, 6) is 1.55. The quantitative estimate of drug-likeness (QED) is 0.409. The van der Waals surface area contributed by atoms with E-state index in [2.05, 4.69) is 24.0 Å². The molecule has 2 aromatic rings. The summed E-state index contributed by atoms with van der Waals surface area (Å²) in [4.78, 5) is 11.1. The van der Waals surface area contributed by atoms with Crippen molar-refractivity contribution >= 4 is 52.1 Å². The third kappa shape index (κ3) is 4.84. The van der Waals surface area contributed by atoms with Crippen LogP contribution in [0, 0.1) is 16.0 Å². The Hall–Kier alpha value is -0.830. The molecule has 5 nitrogen and oxygen atoms in total. The first-order chi connectivity index (χ1) is 9.95. The highest BCUT2D eigenvalue weighted by Gasteiger charge is 2.17. The van der Waals surface area contributed by atoms with Crippen LogP contribution >= 0.6 is 46.5 Å². The van der Waals surface area contributed by atoms with E-state index < -0.39 is 4.92 Å². The zero-order valence-electron chi connectivity index (χ0n) is 11.3. The Morgan fingerprint density at radius 2 is 2.10 bits per heavy atom. The normalized spacial score (nSPS) is 11.0. The average molecular weight is 362 g/mol. The van der Waals surface area contributed by atoms with Gasteiger partial charge in [0.2, 0.25) is 0 Å². The molecule has 0 amide bonds. The van der Waals surface area contributed by atoms with Gasteiger partial charge in [-0.25, -0.2) is 0 Å². The molecule has 0 spiro atoms. The molecule has 0 bridgehead atoms. The third-order valence-corrected chi connectivity index (χ3v) is 6.08. The lowest BCUT2D eigenvalue weighted by Gasteiger charge is -2.00. The Balaban J connectivity index is 2.13. The van der Waals surface area contributed by atoms with Gasteiger partial charge in [-0.3, -0.25) is 10.1 Å². The first kappa shape index (κ1) is 16.5. The Bertz CT molecular complexity index is 648. The van der Waals surface area contributed by atoms with Crippen molar-refractivity contribution in [2.45, 2.75) is 27.4 Å². The van der Waals surface area contributed by atoms with Crippen molar-refractivity contribution in [1.82, 2.24) is 10.2 Å². The summed E-state index contributed by atoms with van der Waals surface area (Å²) < 4.78 is 1.56. The molecule has 112 valence electrons. The number of thioether (sulfide) groups is 1. The zero-order chi connectivity index (χ0) is 15.4.